The molecule has 1 heterocycles. The van der Waals surface area contributed by atoms with Crippen LogP contribution in [0, 0.1) is 40.9 Å². The fraction of sp³-hybridized carbons (Fsp3) is 0.792. The van der Waals surface area contributed by atoms with Gasteiger partial charge in [-0.25, -0.2) is 16.8 Å². The Hall–Kier alpha value is -2.79. The molecular formula is C53H94N6O5S2. The van der Waals surface area contributed by atoms with E-state index in [9.17, 15) is 10.1 Å². The van der Waals surface area contributed by atoms with E-state index < -0.39 is 20.0 Å². The van der Waals surface area contributed by atoms with E-state index in [0.717, 1.165) is 128 Å². The van der Waals surface area contributed by atoms with Gasteiger partial charge in [0.1, 0.15) is 4.90 Å². The Morgan fingerprint density at radius 1 is 0.636 bits per heavy atom. The number of hydrogen-bond acceptors (Lipinski definition) is 8. The van der Waals surface area contributed by atoms with E-state index in [1.54, 1.807) is 20.4 Å². The van der Waals surface area contributed by atoms with Gasteiger partial charge in [0.05, 0.1) is 28.8 Å². The van der Waals surface area contributed by atoms with E-state index in [0.29, 0.717) is 43.9 Å². The summed E-state index contributed by atoms with van der Waals surface area (Å²) in [5.74, 6) is 0.577. The number of amides is 1. The van der Waals surface area contributed by atoms with Crippen LogP contribution < -0.4 is 5.43 Å². The van der Waals surface area contributed by atoms with E-state index >= 15 is 16.8 Å². The molecule has 0 fully saturated rings. The summed E-state index contributed by atoms with van der Waals surface area (Å²) in [6.07, 6.45) is 19.1. The van der Waals surface area contributed by atoms with Crippen molar-refractivity contribution in [3.8, 4) is 6.07 Å². The van der Waals surface area contributed by atoms with Crippen molar-refractivity contribution in [2.75, 3.05) is 44.7 Å². The number of hydrogen-bond donors (Lipinski definition) is 1. The molecule has 0 radical (unpaired) electrons. The fourth-order valence-electron chi connectivity index (χ4n) is 9.21. The minimum Gasteiger partial charge on any atom is -0.332 e. The molecule has 1 aromatic carbocycles. The first-order valence-corrected chi connectivity index (χ1v) is 29.4. The third-order valence-corrected chi connectivity index (χ3v) is 18.0. The molecule has 1 N–H and O–H groups in total. The fourth-order valence-corrected chi connectivity index (χ4v) is 12.5. The van der Waals surface area contributed by atoms with Gasteiger partial charge in [0.2, 0.25) is 20.0 Å². The van der Waals surface area contributed by atoms with Crippen LogP contribution in [0.3, 0.4) is 0 Å². The van der Waals surface area contributed by atoms with Gasteiger partial charge in [-0.3, -0.25) is 10.2 Å². The zero-order chi connectivity index (χ0) is 49.3. The molecule has 1 aliphatic heterocycles. The molecule has 0 saturated carbocycles. The molecule has 0 saturated heterocycles. The number of nitrogens with one attached hydrogen (secondary N) is 1. The SMILES string of the molecule is CCCCC(CC)CN1CC(C#N)=C(C)C(=NNc2cc(S(=O)(=O)N(CC(CC)CCCC)CC(CC)CCCC)ccc2S(=O)(=O)N(CC(CC)CCCC)CC(CC)CCCC)C1=O. The van der Waals surface area contributed by atoms with Crippen LogP contribution in [0.2, 0.25) is 0 Å². The van der Waals surface area contributed by atoms with Crippen LogP contribution in [0.1, 0.15) is 205 Å². The number of unbranched alkanes of at least 4 members (excludes halogenated alkanes) is 5. The van der Waals surface area contributed by atoms with Crippen molar-refractivity contribution >= 4 is 37.4 Å². The van der Waals surface area contributed by atoms with Gasteiger partial charge in [0.25, 0.3) is 5.91 Å². The lowest BCUT2D eigenvalue weighted by Gasteiger charge is -2.32. The van der Waals surface area contributed by atoms with Crippen molar-refractivity contribution < 1.29 is 21.6 Å². The molecule has 0 bridgehead atoms. The van der Waals surface area contributed by atoms with Crippen LogP contribution in [0.5, 0.6) is 0 Å². The van der Waals surface area contributed by atoms with Crippen LogP contribution in [-0.4, -0.2) is 81.2 Å². The molecule has 378 valence electrons. The minimum absolute atomic E-state index is 0.00148. The Labute approximate surface area is 405 Å². The average molecular weight is 960 g/mol. The lowest BCUT2D eigenvalue weighted by molar-refractivity contribution is -0.124. The van der Waals surface area contributed by atoms with E-state index in [2.05, 4.69) is 85.8 Å². The summed E-state index contributed by atoms with van der Waals surface area (Å²) in [7, 11) is -8.38. The summed E-state index contributed by atoms with van der Waals surface area (Å²) in [5.41, 5.74) is 3.86. The van der Waals surface area contributed by atoms with Crippen molar-refractivity contribution in [2.45, 2.75) is 214 Å². The summed E-state index contributed by atoms with van der Waals surface area (Å²) in [6.45, 7) is 25.2. The molecular weight excluding hydrogens is 865 g/mol. The van der Waals surface area contributed by atoms with Crippen molar-refractivity contribution in [3.63, 3.8) is 0 Å². The number of carbonyl (C=O) groups excluding carboxylic acids is 1. The summed E-state index contributed by atoms with van der Waals surface area (Å²) < 4.78 is 64.4. The second kappa shape index (κ2) is 31.4. The van der Waals surface area contributed by atoms with E-state index in [4.69, 9.17) is 0 Å². The van der Waals surface area contributed by atoms with Crippen molar-refractivity contribution in [2.24, 2.45) is 34.7 Å². The lowest BCUT2D eigenvalue weighted by Crippen LogP contribution is -2.45. The predicted octanol–water partition coefficient (Wildman–Crippen LogP) is 13.2. The van der Waals surface area contributed by atoms with Gasteiger partial charge in [0.15, 0.2) is 5.71 Å². The number of benzene rings is 1. The van der Waals surface area contributed by atoms with Crippen LogP contribution in [0.4, 0.5) is 5.69 Å². The van der Waals surface area contributed by atoms with Crippen molar-refractivity contribution in [1.82, 2.24) is 13.5 Å². The molecule has 5 atom stereocenters. The number of nitriles is 1. The summed E-state index contributed by atoms with van der Waals surface area (Å²) in [5, 5.41) is 14.9. The van der Waals surface area contributed by atoms with E-state index in [1.807, 2.05) is 0 Å². The first kappa shape index (κ1) is 59.3. The highest BCUT2D eigenvalue weighted by molar-refractivity contribution is 7.89. The van der Waals surface area contributed by atoms with Crippen molar-refractivity contribution in [3.05, 3.63) is 29.3 Å². The topological polar surface area (TPSA) is 143 Å². The monoisotopic (exact) mass is 959 g/mol. The molecule has 66 heavy (non-hydrogen) atoms. The van der Waals surface area contributed by atoms with Crippen LogP contribution in [0.25, 0.3) is 0 Å². The molecule has 2 rings (SSSR count). The van der Waals surface area contributed by atoms with Crippen LogP contribution in [0.15, 0.2) is 44.2 Å². The summed E-state index contributed by atoms with van der Waals surface area (Å²) in [4.78, 5) is 15.9. The maximum absolute atomic E-state index is 15.4. The van der Waals surface area contributed by atoms with E-state index in [-0.39, 0.29) is 63.2 Å². The molecule has 1 aromatic rings. The minimum atomic E-state index is -4.24. The van der Waals surface area contributed by atoms with E-state index in [1.165, 1.54) is 18.2 Å². The van der Waals surface area contributed by atoms with Gasteiger partial charge < -0.3 is 4.90 Å². The number of anilines is 1. The zero-order valence-corrected chi connectivity index (χ0v) is 45.2. The smallest absolute Gasteiger partial charge is 0.274 e. The third-order valence-electron chi connectivity index (χ3n) is 14.3. The molecule has 0 spiro atoms. The predicted molar refractivity (Wildman–Crippen MR) is 276 cm³/mol. The van der Waals surface area contributed by atoms with Gasteiger partial charge in [-0.1, -0.05) is 166 Å². The molecule has 0 aliphatic carbocycles. The van der Waals surface area contributed by atoms with Gasteiger partial charge in [0, 0.05) is 32.7 Å². The number of hydrazone groups is 1. The number of nitrogens with zero attached hydrogens (tertiary/aromatic N) is 5. The maximum Gasteiger partial charge on any atom is 0.274 e. The molecule has 11 nitrogen and oxygen atoms in total. The molecule has 1 amide bonds. The quantitative estimate of drug-likeness (QED) is 0.0660. The molecule has 13 heteroatoms. The van der Waals surface area contributed by atoms with Crippen LogP contribution in [-0.2, 0) is 24.8 Å². The Balaban J connectivity index is 2.99. The largest absolute Gasteiger partial charge is 0.332 e. The highest BCUT2D eigenvalue weighted by Crippen LogP contribution is 2.34. The normalized spacial score (nSPS) is 16.8. The molecule has 5 unspecified atom stereocenters. The third kappa shape index (κ3) is 17.9. The molecule has 1 aliphatic rings. The number of sulfonamides is 2. The van der Waals surface area contributed by atoms with Gasteiger partial charge in [-0.2, -0.15) is 19.0 Å². The Bertz CT molecular complexity index is 1870. The Morgan fingerprint density at radius 2 is 1.03 bits per heavy atom. The summed E-state index contributed by atoms with van der Waals surface area (Å²) in [6, 6.07) is 6.62. The highest BCUT2D eigenvalue weighted by atomic mass is 32.2. The standard InChI is InChI=1S/C53H94N6O5S2/c1-12-22-27-43(17-6)36-57-41-48(35-54)42(11)52(53(57)60)56-55-50-34-49(65(61,62)58(37-44(18-7)28-23-13-2)38-45(19-8)29-24-14-3)32-33-51(50)66(63,64)59(39-46(20-9)30-25-15-4)40-47(21-10)31-26-16-5/h32-34,43-47,55H,12-31,36-41H2,1-11H3. The first-order valence-electron chi connectivity index (χ1n) is 26.5. The Morgan fingerprint density at radius 3 is 1.41 bits per heavy atom. The highest BCUT2D eigenvalue weighted by Gasteiger charge is 2.35. The first-order chi connectivity index (χ1) is 31.6. The van der Waals surface area contributed by atoms with Gasteiger partial charge in [-0.05, 0) is 92.4 Å². The van der Waals surface area contributed by atoms with Gasteiger partial charge in [-0.15, -0.1) is 0 Å². The second-order valence-electron chi connectivity index (χ2n) is 19.4. The number of rotatable bonds is 36. The summed E-state index contributed by atoms with van der Waals surface area (Å²) >= 11 is 0. The lowest BCUT2D eigenvalue weighted by atomic mass is 9.95. The zero-order valence-electron chi connectivity index (χ0n) is 43.6. The Kier molecular flexibility index (Phi) is 28.2. The molecule has 0 aromatic heterocycles. The van der Waals surface area contributed by atoms with Crippen LogP contribution >= 0.6 is 0 Å². The second-order valence-corrected chi connectivity index (χ2v) is 23.2. The average Bonchev–Trinajstić information content (AvgIpc) is 3.32. The maximum atomic E-state index is 15.4. The number of carbonyl (C=O) groups is 1. The van der Waals surface area contributed by atoms with Crippen molar-refractivity contribution in [1.29, 1.82) is 5.26 Å². The van der Waals surface area contributed by atoms with Gasteiger partial charge >= 0.3 is 0 Å².